The Morgan fingerprint density at radius 1 is 0.905 bits per heavy atom. The largest absolute Gasteiger partial charge is 0.508 e. The Kier molecular flexibility index (Phi) is 4.29. The number of aliphatic hydroxyl groups is 1. The molecular weight excluding hydrogens is 268 g/mol. The molecule has 2 aromatic rings. The Labute approximate surface area is 123 Å². The number of aliphatic hydroxyl groups excluding tert-OH is 1. The summed E-state index contributed by atoms with van der Waals surface area (Å²) >= 11 is 0. The molecule has 0 saturated carbocycles. The third kappa shape index (κ3) is 2.90. The quantitative estimate of drug-likeness (QED) is 0.788. The molecule has 0 aromatic heterocycles. The van der Waals surface area contributed by atoms with Crippen molar-refractivity contribution in [2.75, 3.05) is 6.61 Å². The Morgan fingerprint density at radius 2 is 1.29 bits per heavy atom. The van der Waals surface area contributed by atoms with E-state index in [0.717, 1.165) is 11.1 Å². The fraction of sp³-hybridized carbons (Fsp3) is 0.235. The van der Waals surface area contributed by atoms with Gasteiger partial charge in [0.1, 0.15) is 17.3 Å². The number of carbonyl (C=O) groups excluding carboxylic acids is 1. The first kappa shape index (κ1) is 15.1. The zero-order chi connectivity index (χ0) is 15.5. The summed E-state index contributed by atoms with van der Waals surface area (Å²) in [5, 5.41) is 27.9. The minimum absolute atomic E-state index is 0.0399. The maximum atomic E-state index is 12.6. The molecule has 0 bridgehead atoms. The van der Waals surface area contributed by atoms with Crippen LogP contribution in [0.15, 0.2) is 48.5 Å². The van der Waals surface area contributed by atoms with Crippen molar-refractivity contribution >= 4 is 5.78 Å². The average molecular weight is 286 g/mol. The zero-order valence-electron chi connectivity index (χ0n) is 11.8. The molecule has 110 valence electrons. The van der Waals surface area contributed by atoms with Crippen LogP contribution in [0.3, 0.4) is 0 Å². The van der Waals surface area contributed by atoms with E-state index in [1.807, 2.05) is 0 Å². The second-order valence-corrected chi connectivity index (χ2v) is 5.12. The van der Waals surface area contributed by atoms with Gasteiger partial charge in [-0.15, -0.1) is 0 Å². The van der Waals surface area contributed by atoms with E-state index in [2.05, 4.69) is 0 Å². The second kappa shape index (κ2) is 5.97. The SMILES string of the molecule is CC(C(=O)CCO)(c1ccc(O)cc1)c1ccc(O)cc1. The predicted molar refractivity (Wildman–Crippen MR) is 79.4 cm³/mol. The van der Waals surface area contributed by atoms with E-state index in [1.54, 1.807) is 31.2 Å². The summed E-state index contributed by atoms with van der Waals surface area (Å²) in [4.78, 5) is 12.6. The molecule has 4 heteroatoms. The van der Waals surface area contributed by atoms with Crippen LogP contribution < -0.4 is 0 Å². The van der Waals surface area contributed by atoms with Crippen LogP contribution in [0.1, 0.15) is 24.5 Å². The lowest BCUT2D eigenvalue weighted by molar-refractivity contribution is -0.123. The number of phenols is 2. The molecular formula is C17H18O4. The first-order chi connectivity index (χ1) is 9.98. The Bertz CT molecular complexity index is 569. The predicted octanol–water partition coefficient (Wildman–Crippen LogP) is 2.36. The minimum Gasteiger partial charge on any atom is -0.508 e. The van der Waals surface area contributed by atoms with Crippen LogP contribution in [0.5, 0.6) is 11.5 Å². The minimum atomic E-state index is -0.940. The molecule has 0 aliphatic heterocycles. The van der Waals surface area contributed by atoms with Crippen LogP contribution in [0, 0.1) is 0 Å². The second-order valence-electron chi connectivity index (χ2n) is 5.12. The summed E-state index contributed by atoms with van der Waals surface area (Å²) < 4.78 is 0. The standard InChI is InChI=1S/C17H18O4/c1-17(16(21)10-11-18,12-2-6-14(19)7-3-12)13-4-8-15(20)9-5-13/h2-9,18-20H,10-11H2,1H3. The molecule has 4 nitrogen and oxygen atoms in total. The number of ketones is 1. The van der Waals surface area contributed by atoms with Gasteiger partial charge < -0.3 is 15.3 Å². The van der Waals surface area contributed by atoms with Gasteiger partial charge in [0.05, 0.1) is 12.0 Å². The van der Waals surface area contributed by atoms with Crippen molar-refractivity contribution in [1.29, 1.82) is 0 Å². The Balaban J connectivity index is 2.55. The van der Waals surface area contributed by atoms with Crippen molar-refractivity contribution in [1.82, 2.24) is 0 Å². The highest BCUT2D eigenvalue weighted by Crippen LogP contribution is 2.35. The molecule has 0 atom stereocenters. The molecule has 21 heavy (non-hydrogen) atoms. The van der Waals surface area contributed by atoms with Crippen LogP contribution in [0.25, 0.3) is 0 Å². The lowest BCUT2D eigenvalue weighted by Gasteiger charge is -2.29. The summed E-state index contributed by atoms with van der Waals surface area (Å²) in [5.74, 6) is 0.129. The van der Waals surface area contributed by atoms with Crippen LogP contribution >= 0.6 is 0 Å². The summed E-state index contributed by atoms with van der Waals surface area (Å²) in [6.45, 7) is 1.56. The number of phenolic OH excluding ortho intramolecular Hbond substituents is 2. The number of hydrogen-bond donors (Lipinski definition) is 3. The highest BCUT2D eigenvalue weighted by Gasteiger charge is 2.36. The van der Waals surface area contributed by atoms with Gasteiger partial charge in [0, 0.05) is 6.42 Å². The topological polar surface area (TPSA) is 77.8 Å². The summed E-state index contributed by atoms with van der Waals surface area (Å²) in [6.07, 6.45) is 0.0399. The van der Waals surface area contributed by atoms with Crippen molar-refractivity contribution < 1.29 is 20.1 Å². The van der Waals surface area contributed by atoms with Gasteiger partial charge in [-0.25, -0.2) is 0 Å². The fourth-order valence-electron chi connectivity index (χ4n) is 2.43. The van der Waals surface area contributed by atoms with Gasteiger partial charge in [-0.3, -0.25) is 4.79 Å². The van der Waals surface area contributed by atoms with Crippen LogP contribution in [-0.4, -0.2) is 27.7 Å². The molecule has 3 N–H and O–H groups in total. The number of carbonyl (C=O) groups is 1. The molecule has 0 unspecified atom stereocenters. The monoisotopic (exact) mass is 286 g/mol. The third-order valence-corrected chi connectivity index (χ3v) is 3.79. The van der Waals surface area contributed by atoms with Crippen molar-refractivity contribution in [3.63, 3.8) is 0 Å². The maximum Gasteiger partial charge on any atom is 0.149 e. The Morgan fingerprint density at radius 3 is 1.62 bits per heavy atom. The first-order valence-corrected chi connectivity index (χ1v) is 6.71. The maximum absolute atomic E-state index is 12.6. The fourth-order valence-corrected chi connectivity index (χ4v) is 2.43. The normalized spacial score (nSPS) is 11.3. The summed E-state index contributed by atoms with van der Waals surface area (Å²) in [6, 6.07) is 12.9. The molecule has 0 aliphatic carbocycles. The number of hydrogen-bond acceptors (Lipinski definition) is 4. The highest BCUT2D eigenvalue weighted by atomic mass is 16.3. The van der Waals surface area contributed by atoms with Crippen molar-refractivity contribution in [3.8, 4) is 11.5 Å². The lowest BCUT2D eigenvalue weighted by Crippen LogP contribution is -2.34. The van der Waals surface area contributed by atoms with E-state index in [-0.39, 0.29) is 30.3 Å². The highest BCUT2D eigenvalue weighted by molar-refractivity contribution is 5.93. The first-order valence-electron chi connectivity index (χ1n) is 6.71. The number of aromatic hydroxyl groups is 2. The van der Waals surface area contributed by atoms with Gasteiger partial charge in [0.25, 0.3) is 0 Å². The smallest absolute Gasteiger partial charge is 0.149 e. The van der Waals surface area contributed by atoms with Crippen molar-refractivity contribution in [2.45, 2.75) is 18.8 Å². The molecule has 0 amide bonds. The van der Waals surface area contributed by atoms with Gasteiger partial charge in [0.2, 0.25) is 0 Å². The summed E-state index contributed by atoms with van der Waals surface area (Å²) in [5.41, 5.74) is 0.512. The van der Waals surface area contributed by atoms with E-state index < -0.39 is 5.41 Å². The Hall–Kier alpha value is -2.33. The van der Waals surface area contributed by atoms with Crippen LogP contribution in [-0.2, 0) is 10.2 Å². The molecule has 0 aliphatic rings. The third-order valence-electron chi connectivity index (χ3n) is 3.79. The molecule has 0 saturated heterocycles. The van der Waals surface area contributed by atoms with Gasteiger partial charge in [-0.1, -0.05) is 24.3 Å². The molecule has 2 aromatic carbocycles. The van der Waals surface area contributed by atoms with Gasteiger partial charge in [-0.05, 0) is 42.3 Å². The molecule has 2 rings (SSSR count). The molecule has 0 fully saturated rings. The van der Waals surface area contributed by atoms with Gasteiger partial charge >= 0.3 is 0 Å². The van der Waals surface area contributed by atoms with E-state index in [0.29, 0.717) is 0 Å². The van der Waals surface area contributed by atoms with Crippen molar-refractivity contribution in [3.05, 3.63) is 59.7 Å². The molecule has 0 radical (unpaired) electrons. The van der Waals surface area contributed by atoms with Crippen LogP contribution in [0.2, 0.25) is 0 Å². The van der Waals surface area contributed by atoms with E-state index in [4.69, 9.17) is 5.11 Å². The van der Waals surface area contributed by atoms with Gasteiger partial charge in [0.15, 0.2) is 0 Å². The lowest BCUT2D eigenvalue weighted by atomic mass is 9.72. The summed E-state index contributed by atoms with van der Waals surface area (Å²) in [7, 11) is 0. The van der Waals surface area contributed by atoms with Crippen LogP contribution in [0.4, 0.5) is 0 Å². The van der Waals surface area contributed by atoms with E-state index in [1.165, 1.54) is 24.3 Å². The number of Topliss-reactive ketones (excluding diaryl/α,β-unsaturated/α-hetero) is 1. The zero-order valence-corrected chi connectivity index (χ0v) is 11.8. The number of benzene rings is 2. The molecule has 0 spiro atoms. The molecule has 0 heterocycles. The number of rotatable bonds is 5. The van der Waals surface area contributed by atoms with E-state index >= 15 is 0 Å². The average Bonchev–Trinajstić information content (AvgIpc) is 2.48. The van der Waals surface area contributed by atoms with Gasteiger partial charge in [-0.2, -0.15) is 0 Å². The van der Waals surface area contributed by atoms with E-state index in [9.17, 15) is 15.0 Å². The van der Waals surface area contributed by atoms with Crippen molar-refractivity contribution in [2.24, 2.45) is 0 Å².